The van der Waals surface area contributed by atoms with Gasteiger partial charge in [-0.15, -0.1) is 12.4 Å². The highest BCUT2D eigenvalue weighted by Gasteiger charge is 2.27. The summed E-state index contributed by atoms with van der Waals surface area (Å²) in [6.45, 7) is 3.60. The molecule has 1 unspecified atom stereocenters. The minimum Gasteiger partial charge on any atom is -0.371 e. The molecule has 6 nitrogen and oxygen atoms in total. The summed E-state index contributed by atoms with van der Waals surface area (Å²) in [5.41, 5.74) is 1.82. The van der Waals surface area contributed by atoms with Crippen LogP contribution >= 0.6 is 12.4 Å². The second kappa shape index (κ2) is 9.43. The highest BCUT2D eigenvalue weighted by atomic mass is 35.5. The molecule has 3 heterocycles. The first kappa shape index (κ1) is 20.7. The summed E-state index contributed by atoms with van der Waals surface area (Å²) in [5, 5.41) is 7.99. The lowest BCUT2D eigenvalue weighted by molar-refractivity contribution is 0.0706. The molecule has 1 atom stereocenters. The zero-order valence-electron chi connectivity index (χ0n) is 16.5. The number of anilines is 1. The highest BCUT2D eigenvalue weighted by Crippen LogP contribution is 2.23. The minimum atomic E-state index is 0. The fourth-order valence-electron chi connectivity index (χ4n) is 4.21. The zero-order valence-corrected chi connectivity index (χ0v) is 17.3. The number of likely N-dealkylation sites (tertiary alicyclic amines) is 1. The Labute approximate surface area is 173 Å². The first-order chi connectivity index (χ1) is 13.2. The average molecular weight is 404 g/mol. The Morgan fingerprint density at radius 3 is 2.57 bits per heavy atom. The van der Waals surface area contributed by atoms with Crippen molar-refractivity contribution < 1.29 is 4.79 Å². The lowest BCUT2D eigenvalue weighted by atomic mass is 10.0. The summed E-state index contributed by atoms with van der Waals surface area (Å²) in [6.07, 6.45) is 6.23. The van der Waals surface area contributed by atoms with Crippen LogP contribution in [0.25, 0.3) is 0 Å². The molecule has 2 aliphatic heterocycles. The number of carbonyl (C=O) groups is 1. The second-order valence-electron chi connectivity index (χ2n) is 7.65. The molecular weight excluding hydrogens is 374 g/mol. The van der Waals surface area contributed by atoms with E-state index < -0.39 is 0 Å². The van der Waals surface area contributed by atoms with Crippen molar-refractivity contribution in [2.45, 2.75) is 37.8 Å². The van der Waals surface area contributed by atoms with E-state index >= 15 is 0 Å². The Bertz CT molecular complexity index is 751. The van der Waals surface area contributed by atoms with Crippen LogP contribution in [0.1, 0.15) is 42.2 Å². The third-order valence-corrected chi connectivity index (χ3v) is 5.94. The van der Waals surface area contributed by atoms with Gasteiger partial charge in [-0.2, -0.15) is 5.10 Å². The van der Waals surface area contributed by atoms with Crippen molar-refractivity contribution >= 4 is 24.0 Å². The number of benzene rings is 1. The molecule has 2 saturated heterocycles. The summed E-state index contributed by atoms with van der Waals surface area (Å²) >= 11 is 0. The molecule has 1 amide bonds. The summed E-state index contributed by atoms with van der Waals surface area (Å²) in [6, 6.07) is 13.2. The van der Waals surface area contributed by atoms with Gasteiger partial charge in [0.1, 0.15) is 5.69 Å². The Morgan fingerprint density at radius 2 is 1.89 bits per heavy atom. The number of halogens is 1. The lowest BCUT2D eigenvalue weighted by Crippen LogP contribution is -2.45. The number of rotatable bonds is 4. The van der Waals surface area contributed by atoms with E-state index in [1.165, 1.54) is 5.69 Å². The molecule has 0 saturated carbocycles. The van der Waals surface area contributed by atoms with Crippen LogP contribution in [-0.4, -0.2) is 59.9 Å². The van der Waals surface area contributed by atoms with Gasteiger partial charge in [-0.25, -0.2) is 0 Å². The van der Waals surface area contributed by atoms with Crippen LogP contribution in [0.4, 0.5) is 5.69 Å². The van der Waals surface area contributed by atoms with E-state index in [-0.39, 0.29) is 18.3 Å². The van der Waals surface area contributed by atoms with E-state index in [1.807, 2.05) is 27.9 Å². The molecule has 1 aromatic heterocycles. The summed E-state index contributed by atoms with van der Waals surface area (Å²) in [4.78, 5) is 17.2. The summed E-state index contributed by atoms with van der Waals surface area (Å²) in [5.74, 6) is 0.0679. The number of aromatic nitrogens is 2. The normalized spacial score (nSPS) is 20.5. The number of carbonyl (C=O) groups excluding carboxylic acids is 1. The second-order valence-corrected chi connectivity index (χ2v) is 7.65. The molecule has 2 aliphatic rings. The highest BCUT2D eigenvalue weighted by molar-refractivity contribution is 5.92. The monoisotopic (exact) mass is 403 g/mol. The van der Waals surface area contributed by atoms with Crippen LogP contribution in [0.3, 0.4) is 0 Å². The van der Waals surface area contributed by atoms with Gasteiger partial charge in [0.15, 0.2) is 0 Å². The molecular formula is C21H30ClN5O. The van der Waals surface area contributed by atoms with E-state index in [1.54, 1.807) is 0 Å². The third-order valence-electron chi connectivity index (χ3n) is 5.94. The van der Waals surface area contributed by atoms with Gasteiger partial charge < -0.3 is 15.1 Å². The van der Waals surface area contributed by atoms with Crippen LogP contribution in [0, 0.1) is 0 Å². The number of hydrogen-bond donors (Lipinski definition) is 1. The van der Waals surface area contributed by atoms with Crippen LogP contribution < -0.4 is 10.2 Å². The molecule has 7 heteroatoms. The van der Waals surface area contributed by atoms with Gasteiger partial charge in [-0.1, -0.05) is 18.2 Å². The van der Waals surface area contributed by atoms with Gasteiger partial charge in [0.25, 0.3) is 5.91 Å². The molecule has 28 heavy (non-hydrogen) atoms. The summed E-state index contributed by atoms with van der Waals surface area (Å²) < 4.78 is 1.97. The van der Waals surface area contributed by atoms with Crippen molar-refractivity contribution in [3.05, 3.63) is 48.3 Å². The largest absolute Gasteiger partial charge is 0.371 e. The quantitative estimate of drug-likeness (QED) is 0.852. The fourth-order valence-corrected chi connectivity index (χ4v) is 4.21. The van der Waals surface area contributed by atoms with Crippen molar-refractivity contribution in [2.24, 2.45) is 0 Å². The van der Waals surface area contributed by atoms with Crippen LogP contribution in [0.15, 0.2) is 42.6 Å². The molecule has 0 radical (unpaired) electrons. The minimum absolute atomic E-state index is 0. The molecule has 2 aromatic rings. The van der Waals surface area contributed by atoms with Gasteiger partial charge in [0, 0.05) is 44.6 Å². The van der Waals surface area contributed by atoms with E-state index in [2.05, 4.69) is 46.6 Å². The van der Waals surface area contributed by atoms with E-state index in [0.717, 1.165) is 51.9 Å². The molecule has 0 aliphatic carbocycles. The van der Waals surface area contributed by atoms with E-state index in [4.69, 9.17) is 0 Å². The molecule has 1 N–H and O–H groups in total. The van der Waals surface area contributed by atoms with Crippen molar-refractivity contribution in [1.29, 1.82) is 0 Å². The van der Waals surface area contributed by atoms with Crippen molar-refractivity contribution in [1.82, 2.24) is 20.0 Å². The SMILES string of the molecule is CN(c1ccccc1)C1CCN(C(=O)c2ccn(C3CCCNC3)n2)CC1.Cl. The molecule has 4 rings (SSSR count). The lowest BCUT2D eigenvalue weighted by Gasteiger charge is -2.37. The van der Waals surface area contributed by atoms with Gasteiger partial charge >= 0.3 is 0 Å². The molecule has 1 aromatic carbocycles. The Balaban J connectivity index is 0.00000225. The Hall–Kier alpha value is -2.05. The Kier molecular flexibility index (Phi) is 6.97. The summed E-state index contributed by atoms with van der Waals surface area (Å²) in [7, 11) is 2.15. The Morgan fingerprint density at radius 1 is 1.14 bits per heavy atom. The maximum Gasteiger partial charge on any atom is 0.274 e. The van der Waals surface area contributed by atoms with Crippen LogP contribution in [0.2, 0.25) is 0 Å². The predicted molar refractivity (Wildman–Crippen MR) is 114 cm³/mol. The number of nitrogens with zero attached hydrogens (tertiary/aromatic N) is 4. The number of piperidine rings is 2. The average Bonchev–Trinajstić information content (AvgIpc) is 3.24. The van der Waals surface area contributed by atoms with Gasteiger partial charge in [-0.3, -0.25) is 9.48 Å². The van der Waals surface area contributed by atoms with Crippen LogP contribution in [-0.2, 0) is 0 Å². The van der Waals surface area contributed by atoms with E-state index in [9.17, 15) is 4.79 Å². The maximum absolute atomic E-state index is 12.9. The van der Waals surface area contributed by atoms with Crippen LogP contribution in [0.5, 0.6) is 0 Å². The smallest absolute Gasteiger partial charge is 0.274 e. The van der Waals surface area contributed by atoms with E-state index in [0.29, 0.717) is 17.8 Å². The first-order valence-electron chi connectivity index (χ1n) is 10.1. The van der Waals surface area contributed by atoms with Gasteiger partial charge in [-0.05, 0) is 50.4 Å². The fraction of sp³-hybridized carbons (Fsp3) is 0.524. The number of para-hydroxylation sites is 1. The number of nitrogens with one attached hydrogen (secondary N) is 1. The topological polar surface area (TPSA) is 53.4 Å². The molecule has 0 spiro atoms. The van der Waals surface area contributed by atoms with Crippen molar-refractivity contribution in [3.8, 4) is 0 Å². The molecule has 2 fully saturated rings. The third kappa shape index (κ3) is 4.50. The standard InChI is InChI=1S/C21H29N5O.ClH/c1-24(17-6-3-2-4-7-17)18-9-13-25(14-10-18)21(27)20-11-15-26(23-20)19-8-5-12-22-16-19;/h2-4,6-7,11,15,18-19,22H,5,8-10,12-14,16H2,1H3;1H. The first-order valence-corrected chi connectivity index (χ1v) is 10.1. The van der Waals surface area contributed by atoms with Gasteiger partial charge in [0.05, 0.1) is 6.04 Å². The predicted octanol–water partition coefficient (Wildman–Crippen LogP) is 2.97. The molecule has 152 valence electrons. The maximum atomic E-state index is 12.9. The zero-order chi connectivity index (χ0) is 18.6. The number of amides is 1. The number of hydrogen-bond acceptors (Lipinski definition) is 4. The molecule has 0 bridgehead atoms. The van der Waals surface area contributed by atoms with Crippen molar-refractivity contribution in [3.63, 3.8) is 0 Å². The van der Waals surface area contributed by atoms with Gasteiger partial charge in [0.2, 0.25) is 0 Å². The van der Waals surface area contributed by atoms with Crippen molar-refractivity contribution in [2.75, 3.05) is 38.1 Å².